The van der Waals surface area contributed by atoms with E-state index in [2.05, 4.69) is 11.0 Å². The van der Waals surface area contributed by atoms with Crippen LogP contribution < -0.4 is 0 Å². The van der Waals surface area contributed by atoms with Crippen LogP contribution in [0.25, 0.3) is 0 Å². The number of furan rings is 1. The van der Waals surface area contributed by atoms with Crippen LogP contribution in [0.1, 0.15) is 30.6 Å². The Hall–Kier alpha value is -2.25. The number of phenolic OH excluding ortho intramolecular Hbond substituents is 1. The Labute approximate surface area is 125 Å². The van der Waals surface area contributed by atoms with Crippen molar-refractivity contribution in [3.05, 3.63) is 54.0 Å². The summed E-state index contributed by atoms with van der Waals surface area (Å²) in [6.45, 7) is 2.47. The minimum Gasteiger partial charge on any atom is -0.508 e. The second kappa shape index (κ2) is 8.13. The zero-order valence-electron chi connectivity index (χ0n) is 12.0. The van der Waals surface area contributed by atoms with Gasteiger partial charge < -0.3 is 9.52 Å². The van der Waals surface area contributed by atoms with Crippen LogP contribution >= 0.6 is 0 Å². The predicted octanol–water partition coefficient (Wildman–Crippen LogP) is 3.68. The lowest BCUT2D eigenvalue weighted by atomic mass is 10.2. The number of nitrogens with zero attached hydrogens (tertiary/aromatic N) is 2. The minimum atomic E-state index is 0.283. The summed E-state index contributed by atoms with van der Waals surface area (Å²) >= 11 is 0. The molecule has 0 amide bonds. The van der Waals surface area contributed by atoms with Crippen LogP contribution in [-0.4, -0.2) is 16.6 Å². The molecule has 2 aromatic rings. The van der Waals surface area contributed by atoms with E-state index in [4.69, 9.17) is 9.68 Å². The molecule has 0 fully saturated rings. The largest absolute Gasteiger partial charge is 0.508 e. The molecule has 0 unspecified atom stereocenters. The molecule has 0 bridgehead atoms. The van der Waals surface area contributed by atoms with Gasteiger partial charge in [-0.05, 0) is 49.2 Å². The van der Waals surface area contributed by atoms with E-state index in [0.29, 0.717) is 6.42 Å². The predicted molar refractivity (Wildman–Crippen MR) is 80.4 cm³/mol. The van der Waals surface area contributed by atoms with Gasteiger partial charge in [-0.15, -0.1) is 0 Å². The lowest BCUT2D eigenvalue weighted by molar-refractivity contribution is 0.231. The third kappa shape index (κ3) is 5.33. The van der Waals surface area contributed by atoms with Gasteiger partial charge in [0, 0.05) is 13.0 Å². The smallest absolute Gasteiger partial charge is 0.117 e. The Kier molecular flexibility index (Phi) is 5.86. The molecule has 21 heavy (non-hydrogen) atoms. The molecule has 1 aromatic carbocycles. The minimum absolute atomic E-state index is 0.283. The third-order valence-electron chi connectivity index (χ3n) is 3.31. The van der Waals surface area contributed by atoms with Crippen molar-refractivity contribution in [3.63, 3.8) is 0 Å². The van der Waals surface area contributed by atoms with Crippen LogP contribution in [0.5, 0.6) is 5.75 Å². The number of phenols is 1. The summed E-state index contributed by atoms with van der Waals surface area (Å²) in [5.74, 6) is 1.22. The Bertz CT molecular complexity index is 555. The molecule has 0 aliphatic rings. The molecule has 0 spiro atoms. The molecule has 0 radical (unpaired) electrons. The number of benzene rings is 1. The standard InChI is InChI=1S/C17H20N2O2/c18-10-2-1-3-11-19(14-17-5-4-12-21-17)13-15-6-8-16(20)9-7-15/h4-9,12,20H,1-3,11,13-14H2. The van der Waals surface area contributed by atoms with Crippen molar-refractivity contribution in [2.45, 2.75) is 32.4 Å². The molecular weight excluding hydrogens is 264 g/mol. The monoisotopic (exact) mass is 284 g/mol. The lowest BCUT2D eigenvalue weighted by Crippen LogP contribution is -2.23. The van der Waals surface area contributed by atoms with Crippen LogP contribution in [0.15, 0.2) is 47.1 Å². The summed E-state index contributed by atoms with van der Waals surface area (Å²) in [5, 5.41) is 17.9. The van der Waals surface area contributed by atoms with Crippen molar-refractivity contribution >= 4 is 0 Å². The van der Waals surface area contributed by atoms with Crippen molar-refractivity contribution in [2.75, 3.05) is 6.54 Å². The van der Waals surface area contributed by atoms with Gasteiger partial charge in [0.2, 0.25) is 0 Å². The van der Waals surface area contributed by atoms with Gasteiger partial charge in [0.1, 0.15) is 11.5 Å². The first-order valence-corrected chi connectivity index (χ1v) is 7.17. The molecule has 0 aliphatic heterocycles. The number of aromatic hydroxyl groups is 1. The van der Waals surface area contributed by atoms with E-state index in [1.165, 1.54) is 0 Å². The third-order valence-corrected chi connectivity index (χ3v) is 3.31. The van der Waals surface area contributed by atoms with Gasteiger partial charge in [-0.1, -0.05) is 12.1 Å². The maximum atomic E-state index is 9.34. The van der Waals surface area contributed by atoms with E-state index >= 15 is 0 Å². The van der Waals surface area contributed by atoms with Gasteiger partial charge >= 0.3 is 0 Å². The molecule has 2 rings (SSSR count). The van der Waals surface area contributed by atoms with E-state index < -0.39 is 0 Å². The normalized spacial score (nSPS) is 10.7. The fourth-order valence-electron chi connectivity index (χ4n) is 2.24. The van der Waals surface area contributed by atoms with Crippen molar-refractivity contribution in [1.82, 2.24) is 4.90 Å². The van der Waals surface area contributed by atoms with Gasteiger partial charge in [0.15, 0.2) is 0 Å². The van der Waals surface area contributed by atoms with Gasteiger partial charge in [-0.3, -0.25) is 4.90 Å². The number of hydrogen-bond acceptors (Lipinski definition) is 4. The SMILES string of the molecule is N#CCCCCN(Cc1ccc(O)cc1)Cc1ccco1. The Morgan fingerprint density at radius 3 is 2.57 bits per heavy atom. The van der Waals surface area contributed by atoms with Crippen molar-refractivity contribution in [3.8, 4) is 11.8 Å². The van der Waals surface area contributed by atoms with E-state index in [1.54, 1.807) is 18.4 Å². The van der Waals surface area contributed by atoms with Crippen LogP contribution in [0.2, 0.25) is 0 Å². The average Bonchev–Trinajstić information content (AvgIpc) is 2.99. The van der Waals surface area contributed by atoms with Crippen LogP contribution in [-0.2, 0) is 13.1 Å². The second-order valence-corrected chi connectivity index (χ2v) is 5.07. The maximum Gasteiger partial charge on any atom is 0.117 e. The number of rotatable bonds is 8. The Morgan fingerprint density at radius 1 is 1.10 bits per heavy atom. The number of hydrogen-bond donors (Lipinski definition) is 1. The summed E-state index contributed by atoms with van der Waals surface area (Å²) < 4.78 is 5.41. The molecule has 1 N–H and O–H groups in total. The van der Waals surface area contributed by atoms with E-state index in [1.807, 2.05) is 24.3 Å². The topological polar surface area (TPSA) is 60.4 Å². The summed E-state index contributed by atoms with van der Waals surface area (Å²) in [6.07, 6.45) is 4.20. The second-order valence-electron chi connectivity index (χ2n) is 5.07. The fraction of sp³-hybridized carbons (Fsp3) is 0.353. The highest BCUT2D eigenvalue weighted by Crippen LogP contribution is 2.15. The van der Waals surface area contributed by atoms with Crippen molar-refractivity contribution in [2.24, 2.45) is 0 Å². The highest BCUT2D eigenvalue weighted by atomic mass is 16.3. The van der Waals surface area contributed by atoms with Crippen LogP contribution in [0, 0.1) is 11.3 Å². The number of unbranched alkanes of at least 4 members (excludes halogenated alkanes) is 2. The zero-order valence-corrected chi connectivity index (χ0v) is 12.0. The summed E-state index contributed by atoms with van der Waals surface area (Å²) in [7, 11) is 0. The number of nitriles is 1. The first kappa shape index (κ1) is 15.1. The maximum absolute atomic E-state index is 9.34. The first-order valence-electron chi connectivity index (χ1n) is 7.17. The van der Waals surface area contributed by atoms with Crippen molar-refractivity contribution in [1.29, 1.82) is 5.26 Å². The quantitative estimate of drug-likeness (QED) is 0.751. The highest BCUT2D eigenvalue weighted by Gasteiger charge is 2.09. The lowest BCUT2D eigenvalue weighted by Gasteiger charge is -2.21. The molecule has 0 saturated carbocycles. The van der Waals surface area contributed by atoms with Gasteiger partial charge in [-0.25, -0.2) is 0 Å². The molecular formula is C17H20N2O2. The molecule has 1 aromatic heterocycles. The zero-order chi connectivity index (χ0) is 14.9. The molecule has 1 heterocycles. The molecule has 110 valence electrons. The first-order chi connectivity index (χ1) is 10.3. The van der Waals surface area contributed by atoms with Crippen molar-refractivity contribution < 1.29 is 9.52 Å². The van der Waals surface area contributed by atoms with E-state index in [9.17, 15) is 5.11 Å². The van der Waals surface area contributed by atoms with Gasteiger partial charge in [0.05, 0.1) is 18.9 Å². The van der Waals surface area contributed by atoms with E-state index in [-0.39, 0.29) is 5.75 Å². The van der Waals surface area contributed by atoms with Crippen LogP contribution in [0.4, 0.5) is 0 Å². The summed E-state index contributed by atoms with van der Waals surface area (Å²) in [4.78, 5) is 2.29. The molecule has 4 nitrogen and oxygen atoms in total. The van der Waals surface area contributed by atoms with Crippen LogP contribution in [0.3, 0.4) is 0 Å². The van der Waals surface area contributed by atoms with Gasteiger partial charge in [0.25, 0.3) is 0 Å². The van der Waals surface area contributed by atoms with E-state index in [0.717, 1.165) is 43.8 Å². The average molecular weight is 284 g/mol. The molecule has 0 aliphatic carbocycles. The summed E-state index contributed by atoms with van der Waals surface area (Å²) in [6, 6.07) is 13.3. The highest BCUT2D eigenvalue weighted by molar-refractivity contribution is 5.25. The van der Waals surface area contributed by atoms with Gasteiger partial charge in [-0.2, -0.15) is 5.26 Å². The molecule has 0 atom stereocenters. The fourth-order valence-corrected chi connectivity index (χ4v) is 2.24. The Morgan fingerprint density at radius 2 is 1.90 bits per heavy atom. The molecule has 0 saturated heterocycles. The Balaban J connectivity index is 1.93. The molecule has 4 heteroatoms. The summed E-state index contributed by atoms with van der Waals surface area (Å²) in [5.41, 5.74) is 1.15.